The number of aromatic nitrogens is 2. The van der Waals surface area contributed by atoms with Gasteiger partial charge in [-0.1, -0.05) is 0 Å². The van der Waals surface area contributed by atoms with Gasteiger partial charge in [0.05, 0.1) is 24.6 Å². The zero-order chi connectivity index (χ0) is 20.7. The van der Waals surface area contributed by atoms with Crippen molar-refractivity contribution in [1.82, 2.24) is 9.61 Å². The Morgan fingerprint density at radius 2 is 2.11 bits per heavy atom. The third-order valence-electron chi connectivity index (χ3n) is 4.07. The second-order valence-corrected chi connectivity index (χ2v) is 7.73. The predicted molar refractivity (Wildman–Crippen MR) is 87.3 cm³/mol. The topological polar surface area (TPSA) is 96.9 Å². The molecular weight excluding hydrogens is 408 g/mol. The number of halogens is 4. The van der Waals surface area contributed by atoms with Crippen molar-refractivity contribution in [1.29, 1.82) is 5.26 Å². The van der Waals surface area contributed by atoms with Crippen molar-refractivity contribution >= 4 is 21.3 Å². The van der Waals surface area contributed by atoms with E-state index in [-0.39, 0.29) is 24.3 Å². The molecule has 0 N–H and O–H groups in total. The average Bonchev–Trinajstić information content (AvgIpc) is 3.00. The van der Waals surface area contributed by atoms with Gasteiger partial charge < -0.3 is 9.64 Å². The summed E-state index contributed by atoms with van der Waals surface area (Å²) in [6.07, 6.45) is -0.569. The molecule has 1 fully saturated rings. The van der Waals surface area contributed by atoms with Gasteiger partial charge in [0, 0.05) is 13.1 Å². The number of hydrogen-bond donors (Lipinski definition) is 0. The maximum Gasteiger partial charge on any atom is 0.523 e. The fourth-order valence-corrected chi connectivity index (χ4v) is 3.42. The van der Waals surface area contributed by atoms with Gasteiger partial charge in [0.2, 0.25) is 0 Å². The number of ether oxygens (including phenoxy) is 1. The Morgan fingerprint density at radius 1 is 1.39 bits per heavy atom. The van der Waals surface area contributed by atoms with Crippen LogP contribution in [0.4, 0.5) is 23.2 Å². The summed E-state index contributed by atoms with van der Waals surface area (Å²) >= 11 is 0. The van der Waals surface area contributed by atoms with Crippen molar-refractivity contribution in [3.8, 4) is 6.07 Å². The number of rotatable bonds is 4. The summed E-state index contributed by atoms with van der Waals surface area (Å²) in [5.74, 6) is -0.682. The van der Waals surface area contributed by atoms with Crippen LogP contribution < -0.4 is 4.90 Å². The number of nitrogens with zero attached hydrogens (tertiary/aromatic N) is 4. The van der Waals surface area contributed by atoms with E-state index in [1.54, 1.807) is 11.8 Å². The molecule has 2 atom stereocenters. The molecule has 1 aliphatic heterocycles. The monoisotopic (exact) mass is 422 g/mol. The molecule has 152 valence electrons. The van der Waals surface area contributed by atoms with Gasteiger partial charge in [0.25, 0.3) is 0 Å². The van der Waals surface area contributed by atoms with E-state index in [0.29, 0.717) is 5.69 Å². The molecule has 2 aromatic rings. The third-order valence-corrected chi connectivity index (χ3v) is 5.08. The highest BCUT2D eigenvalue weighted by Gasteiger charge is 2.47. The summed E-state index contributed by atoms with van der Waals surface area (Å²) < 4.78 is 84.3. The number of anilines is 1. The zero-order valence-corrected chi connectivity index (χ0v) is 15.2. The van der Waals surface area contributed by atoms with Gasteiger partial charge >= 0.3 is 15.6 Å². The van der Waals surface area contributed by atoms with E-state index in [1.807, 2.05) is 6.07 Å². The molecule has 1 saturated heterocycles. The van der Waals surface area contributed by atoms with Gasteiger partial charge in [-0.2, -0.15) is 31.9 Å². The molecule has 0 saturated carbocycles. The van der Waals surface area contributed by atoms with Crippen LogP contribution in [0.5, 0.6) is 0 Å². The van der Waals surface area contributed by atoms with Crippen LogP contribution in [0.3, 0.4) is 0 Å². The smallest absolute Gasteiger partial charge is 0.369 e. The lowest BCUT2D eigenvalue weighted by Crippen LogP contribution is -2.49. The van der Waals surface area contributed by atoms with Crippen LogP contribution in [0.2, 0.25) is 0 Å². The molecule has 3 heterocycles. The average molecular weight is 422 g/mol. The Balaban J connectivity index is 1.85. The molecule has 1 aliphatic rings. The van der Waals surface area contributed by atoms with Gasteiger partial charge in [-0.15, -0.1) is 0 Å². The number of morpholine rings is 1. The molecule has 2 aromatic heterocycles. The van der Waals surface area contributed by atoms with E-state index < -0.39 is 40.3 Å². The van der Waals surface area contributed by atoms with Crippen LogP contribution in [0.15, 0.2) is 18.3 Å². The van der Waals surface area contributed by atoms with Gasteiger partial charge in [0.15, 0.2) is 5.82 Å². The first-order chi connectivity index (χ1) is 13.0. The Bertz CT molecular complexity index is 1030. The van der Waals surface area contributed by atoms with Crippen LogP contribution in [0.25, 0.3) is 5.52 Å². The van der Waals surface area contributed by atoms with E-state index in [1.165, 1.54) is 12.1 Å². The van der Waals surface area contributed by atoms with Crippen molar-refractivity contribution in [3.63, 3.8) is 0 Å². The van der Waals surface area contributed by atoms with Gasteiger partial charge in [-0.3, -0.25) is 4.18 Å². The second kappa shape index (κ2) is 7.19. The third kappa shape index (κ3) is 3.75. The largest absolute Gasteiger partial charge is 0.523 e. The maximum absolute atomic E-state index is 14.2. The molecule has 0 amide bonds. The standard InChI is InChI=1S/C15H14F4N4O4S/c1-9-6-22(7-11(27-9)8-26-28(24,25)15(17,18)19)13-3-2-10(4-20)23-14(13)12(16)5-21-23/h2-3,5,9,11H,6-8H2,1H3/t9-,11-/m1/s1. The fourth-order valence-electron chi connectivity index (χ4n) is 2.96. The zero-order valence-electron chi connectivity index (χ0n) is 14.4. The van der Waals surface area contributed by atoms with Crippen LogP contribution >= 0.6 is 0 Å². The summed E-state index contributed by atoms with van der Waals surface area (Å²) in [5, 5.41) is 12.9. The minimum absolute atomic E-state index is 0.0238. The molecule has 28 heavy (non-hydrogen) atoms. The molecule has 0 unspecified atom stereocenters. The number of fused-ring (bicyclic) bond motifs is 1. The van der Waals surface area contributed by atoms with Crippen LogP contribution in [-0.2, 0) is 19.0 Å². The van der Waals surface area contributed by atoms with Crippen molar-refractivity contribution in [2.45, 2.75) is 24.6 Å². The van der Waals surface area contributed by atoms with E-state index >= 15 is 0 Å². The number of nitriles is 1. The highest BCUT2D eigenvalue weighted by Crippen LogP contribution is 2.29. The van der Waals surface area contributed by atoms with Crippen LogP contribution in [0.1, 0.15) is 12.6 Å². The first-order valence-electron chi connectivity index (χ1n) is 7.96. The molecule has 8 nitrogen and oxygen atoms in total. The minimum atomic E-state index is -5.75. The summed E-state index contributed by atoms with van der Waals surface area (Å²) in [6.45, 7) is 0.987. The second-order valence-electron chi connectivity index (χ2n) is 6.13. The molecule has 3 rings (SSSR count). The minimum Gasteiger partial charge on any atom is -0.369 e. The summed E-state index contributed by atoms with van der Waals surface area (Å²) in [7, 11) is -5.75. The molecule has 0 aromatic carbocycles. The van der Waals surface area contributed by atoms with Gasteiger partial charge in [-0.25, -0.2) is 8.91 Å². The maximum atomic E-state index is 14.2. The number of alkyl halides is 3. The van der Waals surface area contributed by atoms with Gasteiger partial charge in [-0.05, 0) is 19.1 Å². The van der Waals surface area contributed by atoms with Crippen LogP contribution in [0, 0.1) is 17.1 Å². The molecule has 0 radical (unpaired) electrons. The summed E-state index contributed by atoms with van der Waals surface area (Å²) in [5.41, 5.74) is -5.07. The van der Waals surface area contributed by atoms with Crippen molar-refractivity contribution in [2.24, 2.45) is 0 Å². The Hall–Kier alpha value is -2.43. The van der Waals surface area contributed by atoms with Crippen LogP contribution in [-0.4, -0.2) is 55.4 Å². The van der Waals surface area contributed by atoms with E-state index in [4.69, 9.17) is 10.00 Å². The normalized spacial score (nSPS) is 21.1. The molecule has 0 bridgehead atoms. The lowest BCUT2D eigenvalue weighted by Gasteiger charge is -2.38. The van der Waals surface area contributed by atoms with E-state index in [2.05, 4.69) is 9.28 Å². The van der Waals surface area contributed by atoms with Gasteiger partial charge in [0.1, 0.15) is 23.4 Å². The highest BCUT2D eigenvalue weighted by molar-refractivity contribution is 7.87. The number of hydrogen-bond acceptors (Lipinski definition) is 7. The Labute approximate surface area is 157 Å². The SMILES string of the molecule is C[C@@H]1CN(c2ccc(C#N)n3ncc(F)c23)C[C@H](COS(=O)(=O)C(F)(F)F)O1. The number of pyridine rings is 1. The first kappa shape index (κ1) is 20.3. The van der Waals surface area contributed by atoms with Crippen molar-refractivity contribution in [2.75, 3.05) is 24.6 Å². The van der Waals surface area contributed by atoms with E-state index in [9.17, 15) is 26.0 Å². The molecule has 13 heteroatoms. The van der Waals surface area contributed by atoms with Crippen molar-refractivity contribution in [3.05, 3.63) is 29.8 Å². The summed E-state index contributed by atoms with van der Waals surface area (Å²) in [4.78, 5) is 1.61. The quantitative estimate of drug-likeness (QED) is 0.421. The Morgan fingerprint density at radius 3 is 2.75 bits per heavy atom. The predicted octanol–water partition coefficient (Wildman–Crippen LogP) is 1.80. The summed E-state index contributed by atoms with van der Waals surface area (Å²) in [6, 6.07) is 4.79. The van der Waals surface area contributed by atoms with Crippen molar-refractivity contribution < 1.29 is 34.9 Å². The molecular formula is C15H14F4N4O4S. The highest BCUT2D eigenvalue weighted by atomic mass is 32.2. The van der Waals surface area contributed by atoms with E-state index in [0.717, 1.165) is 10.7 Å². The Kier molecular flexibility index (Phi) is 5.22. The first-order valence-corrected chi connectivity index (χ1v) is 9.36. The lowest BCUT2D eigenvalue weighted by atomic mass is 10.2. The molecule has 0 aliphatic carbocycles. The lowest BCUT2D eigenvalue weighted by molar-refractivity contribution is -0.0656. The molecule has 0 spiro atoms. The fraction of sp³-hybridized carbons (Fsp3) is 0.467.